The number of carbonyl (C=O) groups is 4. The summed E-state index contributed by atoms with van der Waals surface area (Å²) in [5.74, 6) is -1.90. The SMILES string of the molecule is CCOC(=O)c1c(-c2ccccc2)csc1NC(=O)C(Sc1cccc(NC(=O)/C(=C\c2ccccc2Cl)NC(=O)c2ccccc2)c1)c1ccccc1. The number of anilines is 2. The second-order valence-corrected chi connectivity index (χ2v) is 14.2. The maximum atomic E-state index is 14.2. The lowest BCUT2D eigenvalue weighted by Crippen LogP contribution is -2.30. The molecule has 1 aromatic heterocycles. The van der Waals surface area contributed by atoms with Crippen LogP contribution in [0.1, 0.15) is 44.0 Å². The average molecular weight is 772 g/mol. The van der Waals surface area contributed by atoms with Crippen molar-refractivity contribution in [2.45, 2.75) is 17.1 Å². The number of hydrogen-bond donors (Lipinski definition) is 3. The van der Waals surface area contributed by atoms with Crippen molar-refractivity contribution in [3.8, 4) is 11.1 Å². The minimum atomic E-state index is -0.740. The minimum Gasteiger partial charge on any atom is -0.462 e. The van der Waals surface area contributed by atoms with Gasteiger partial charge in [-0.05, 0) is 66.1 Å². The van der Waals surface area contributed by atoms with E-state index < -0.39 is 23.0 Å². The van der Waals surface area contributed by atoms with Crippen molar-refractivity contribution in [2.75, 3.05) is 17.2 Å². The van der Waals surface area contributed by atoms with Gasteiger partial charge in [-0.2, -0.15) is 0 Å². The maximum Gasteiger partial charge on any atom is 0.341 e. The summed E-state index contributed by atoms with van der Waals surface area (Å²) in [5, 5.41) is 10.5. The predicted molar refractivity (Wildman–Crippen MR) is 218 cm³/mol. The first-order chi connectivity index (χ1) is 26.3. The Bertz CT molecular complexity index is 2300. The molecular formula is C43H34ClN3O5S2. The van der Waals surface area contributed by atoms with Crippen LogP contribution >= 0.6 is 34.7 Å². The van der Waals surface area contributed by atoms with Crippen molar-refractivity contribution >= 4 is 75.2 Å². The molecule has 6 rings (SSSR count). The molecule has 5 aromatic carbocycles. The molecule has 54 heavy (non-hydrogen) atoms. The molecule has 0 spiro atoms. The summed E-state index contributed by atoms with van der Waals surface area (Å²) in [6, 6.07) is 41.4. The van der Waals surface area contributed by atoms with E-state index >= 15 is 0 Å². The van der Waals surface area contributed by atoms with Crippen molar-refractivity contribution in [1.29, 1.82) is 0 Å². The van der Waals surface area contributed by atoms with Crippen LogP contribution in [-0.2, 0) is 14.3 Å². The molecule has 0 saturated heterocycles. The minimum absolute atomic E-state index is 0.0141. The van der Waals surface area contributed by atoms with Gasteiger partial charge in [-0.3, -0.25) is 14.4 Å². The lowest BCUT2D eigenvalue weighted by molar-refractivity contribution is -0.116. The molecule has 1 atom stereocenters. The molecule has 0 radical (unpaired) electrons. The van der Waals surface area contributed by atoms with E-state index in [4.69, 9.17) is 16.3 Å². The summed E-state index contributed by atoms with van der Waals surface area (Å²) in [5.41, 5.74) is 3.88. The lowest BCUT2D eigenvalue weighted by atomic mass is 10.0. The second kappa shape index (κ2) is 18.2. The number of benzene rings is 5. The monoisotopic (exact) mass is 771 g/mol. The molecule has 0 bridgehead atoms. The number of amides is 3. The van der Waals surface area contributed by atoms with E-state index in [-0.39, 0.29) is 18.2 Å². The van der Waals surface area contributed by atoms with Crippen LogP contribution < -0.4 is 16.0 Å². The number of ether oxygens (including phenoxy) is 1. The molecule has 3 N–H and O–H groups in total. The van der Waals surface area contributed by atoms with Crippen molar-refractivity contribution in [3.05, 3.63) is 178 Å². The van der Waals surface area contributed by atoms with E-state index in [1.54, 1.807) is 79.7 Å². The standard InChI is InChI=1S/C43H34ClN3O5S2/c1-2-52-43(51)37-34(28-15-6-3-7-16-28)27-53-42(37)47-41(50)38(29-17-8-4-9-18-29)54-33-23-14-22-32(26-33)45-40(49)36(25-31-21-12-13-24-35(31)44)46-39(48)30-19-10-5-11-20-30/h3-27,38H,2H2,1H3,(H,45,49)(H,46,48)(H,47,50)/b36-25+. The summed E-state index contributed by atoms with van der Waals surface area (Å²) in [6.07, 6.45) is 1.52. The molecule has 0 aliphatic rings. The molecule has 0 saturated carbocycles. The quantitative estimate of drug-likeness (QED) is 0.0612. The maximum absolute atomic E-state index is 14.2. The third-order valence-corrected chi connectivity index (χ3v) is 10.5. The third kappa shape index (κ3) is 9.53. The zero-order chi connectivity index (χ0) is 37.9. The van der Waals surface area contributed by atoms with Gasteiger partial charge in [0.25, 0.3) is 11.8 Å². The van der Waals surface area contributed by atoms with E-state index in [0.717, 1.165) is 11.1 Å². The molecule has 0 fully saturated rings. The molecule has 0 aliphatic carbocycles. The summed E-state index contributed by atoms with van der Waals surface area (Å²) in [6.45, 7) is 1.92. The molecule has 0 aliphatic heterocycles. The Balaban J connectivity index is 1.26. The number of esters is 1. The number of halogens is 1. The molecule has 6 aromatic rings. The van der Waals surface area contributed by atoms with Crippen molar-refractivity contribution in [1.82, 2.24) is 5.32 Å². The van der Waals surface area contributed by atoms with Gasteiger partial charge in [-0.15, -0.1) is 23.1 Å². The van der Waals surface area contributed by atoms with Gasteiger partial charge >= 0.3 is 5.97 Å². The summed E-state index contributed by atoms with van der Waals surface area (Å²) < 4.78 is 5.40. The number of carbonyl (C=O) groups excluding carboxylic acids is 4. The summed E-state index contributed by atoms with van der Waals surface area (Å²) in [7, 11) is 0. The number of nitrogens with one attached hydrogen (secondary N) is 3. The third-order valence-electron chi connectivity index (χ3n) is 8.01. The highest BCUT2D eigenvalue weighted by atomic mass is 35.5. The van der Waals surface area contributed by atoms with Gasteiger partial charge in [-0.25, -0.2) is 4.79 Å². The van der Waals surface area contributed by atoms with Crippen LogP contribution in [0.5, 0.6) is 0 Å². The Labute approximate surface area is 326 Å². The first kappa shape index (κ1) is 37.8. The molecule has 270 valence electrons. The van der Waals surface area contributed by atoms with E-state index in [2.05, 4.69) is 16.0 Å². The fourth-order valence-corrected chi connectivity index (χ4v) is 7.67. The zero-order valence-corrected chi connectivity index (χ0v) is 31.3. The van der Waals surface area contributed by atoms with Crippen molar-refractivity contribution in [2.24, 2.45) is 0 Å². The Hall–Kier alpha value is -5.94. The normalized spacial score (nSPS) is 11.6. The fraction of sp³-hybridized carbons (Fsp3) is 0.0698. The number of thiophene rings is 1. The smallest absolute Gasteiger partial charge is 0.341 e. The van der Waals surface area contributed by atoms with E-state index in [9.17, 15) is 19.2 Å². The van der Waals surface area contributed by atoms with Gasteiger partial charge in [0.15, 0.2) is 0 Å². The number of rotatable bonds is 13. The highest BCUT2D eigenvalue weighted by molar-refractivity contribution is 8.00. The largest absolute Gasteiger partial charge is 0.462 e. The second-order valence-electron chi connectivity index (χ2n) is 11.7. The van der Waals surface area contributed by atoms with Gasteiger partial charge in [0.05, 0.1) is 6.61 Å². The molecule has 1 heterocycles. The molecule has 11 heteroatoms. The number of thioether (sulfide) groups is 1. The summed E-state index contributed by atoms with van der Waals surface area (Å²) in [4.78, 5) is 54.9. The van der Waals surface area contributed by atoms with E-state index in [1.165, 1.54) is 29.2 Å². The van der Waals surface area contributed by atoms with Crippen LogP contribution in [0.2, 0.25) is 5.02 Å². The van der Waals surface area contributed by atoms with E-state index in [1.807, 2.05) is 72.1 Å². The van der Waals surface area contributed by atoms with Gasteiger partial charge in [0.2, 0.25) is 5.91 Å². The first-order valence-electron chi connectivity index (χ1n) is 16.9. The van der Waals surface area contributed by atoms with Crippen molar-refractivity contribution in [3.63, 3.8) is 0 Å². The lowest BCUT2D eigenvalue weighted by Gasteiger charge is -2.18. The van der Waals surface area contributed by atoms with Crippen LogP contribution in [0, 0.1) is 0 Å². The molecular weight excluding hydrogens is 738 g/mol. The first-order valence-corrected chi connectivity index (χ1v) is 19.0. The van der Waals surface area contributed by atoms with Gasteiger partial charge in [0, 0.05) is 32.1 Å². The van der Waals surface area contributed by atoms with Crippen LogP contribution in [0.15, 0.2) is 155 Å². The Morgan fingerprint density at radius 1 is 0.796 bits per heavy atom. The highest BCUT2D eigenvalue weighted by Gasteiger charge is 2.27. The molecule has 3 amide bonds. The zero-order valence-electron chi connectivity index (χ0n) is 29.0. The Morgan fingerprint density at radius 3 is 2.17 bits per heavy atom. The highest BCUT2D eigenvalue weighted by Crippen LogP contribution is 2.40. The van der Waals surface area contributed by atoms with Crippen LogP contribution in [-0.4, -0.2) is 30.3 Å². The Kier molecular flexibility index (Phi) is 12.7. The van der Waals surface area contributed by atoms with Crippen molar-refractivity contribution < 1.29 is 23.9 Å². The molecule has 1 unspecified atom stereocenters. The fourth-order valence-electron chi connectivity index (χ4n) is 5.44. The van der Waals surface area contributed by atoms with Gasteiger partial charge in [-0.1, -0.05) is 115 Å². The Morgan fingerprint density at radius 2 is 1.46 bits per heavy atom. The van der Waals surface area contributed by atoms with Gasteiger partial charge < -0.3 is 20.7 Å². The summed E-state index contributed by atoms with van der Waals surface area (Å²) >= 11 is 8.94. The van der Waals surface area contributed by atoms with Crippen LogP contribution in [0.3, 0.4) is 0 Å². The van der Waals surface area contributed by atoms with Gasteiger partial charge in [0.1, 0.15) is 21.5 Å². The van der Waals surface area contributed by atoms with Crippen LogP contribution in [0.25, 0.3) is 17.2 Å². The number of hydrogen-bond acceptors (Lipinski definition) is 7. The van der Waals surface area contributed by atoms with Crippen LogP contribution in [0.4, 0.5) is 10.7 Å². The van der Waals surface area contributed by atoms with E-state index in [0.29, 0.717) is 42.9 Å². The predicted octanol–water partition coefficient (Wildman–Crippen LogP) is 10.1. The topological polar surface area (TPSA) is 114 Å². The molecule has 8 nitrogen and oxygen atoms in total. The average Bonchev–Trinajstić information content (AvgIpc) is 3.62.